The fraction of sp³-hybridized carbons (Fsp3) is 0.130. The quantitative estimate of drug-likeness (QED) is 0.518. The highest BCUT2D eigenvalue weighted by Crippen LogP contribution is 2.21. The van der Waals surface area contributed by atoms with Crippen LogP contribution in [0.4, 0.5) is 15.8 Å². The fourth-order valence-corrected chi connectivity index (χ4v) is 3.09. The van der Waals surface area contributed by atoms with Crippen molar-refractivity contribution in [1.82, 2.24) is 9.38 Å². The molecule has 2 heterocycles. The van der Waals surface area contributed by atoms with Crippen molar-refractivity contribution in [2.24, 2.45) is 0 Å². The van der Waals surface area contributed by atoms with Crippen LogP contribution >= 0.6 is 0 Å². The first-order valence-electron chi connectivity index (χ1n) is 9.43. The lowest BCUT2D eigenvalue weighted by Crippen LogP contribution is -2.14. The van der Waals surface area contributed by atoms with Crippen LogP contribution in [0.5, 0.6) is 5.75 Å². The first-order valence-corrected chi connectivity index (χ1v) is 9.43. The van der Waals surface area contributed by atoms with E-state index in [9.17, 15) is 9.18 Å². The molecule has 0 atom stereocenters. The summed E-state index contributed by atoms with van der Waals surface area (Å²) < 4.78 is 21.9. The van der Waals surface area contributed by atoms with E-state index in [0.717, 1.165) is 11.3 Å². The largest absolute Gasteiger partial charge is 0.487 e. The lowest BCUT2D eigenvalue weighted by Gasteiger charge is -2.14. The Labute approximate surface area is 173 Å². The summed E-state index contributed by atoms with van der Waals surface area (Å²) in [7, 11) is 3.49. The minimum Gasteiger partial charge on any atom is -0.487 e. The Morgan fingerprint density at radius 2 is 2.00 bits per heavy atom. The van der Waals surface area contributed by atoms with Gasteiger partial charge in [0.25, 0.3) is 5.91 Å². The van der Waals surface area contributed by atoms with E-state index in [1.165, 1.54) is 6.07 Å². The summed E-state index contributed by atoms with van der Waals surface area (Å²) in [5, 5.41) is 2.78. The molecule has 2 aromatic heterocycles. The Morgan fingerprint density at radius 1 is 1.13 bits per heavy atom. The van der Waals surface area contributed by atoms with Crippen LogP contribution in [0.25, 0.3) is 5.65 Å². The number of fused-ring (bicyclic) bond motifs is 1. The standard InChI is InChI=1S/C23H21FN4O2/c1-27(2)21-10-9-16(12-20(21)24)23(29)26-17-6-5-7-19(13-17)30-15-18-14-28-11-4-3-8-22(28)25-18/h3-14H,15H2,1-2H3,(H,26,29). The molecule has 2 aromatic carbocycles. The number of amides is 1. The molecule has 1 amide bonds. The van der Waals surface area contributed by atoms with E-state index in [-0.39, 0.29) is 5.56 Å². The molecule has 6 nitrogen and oxygen atoms in total. The van der Waals surface area contributed by atoms with Crippen molar-refractivity contribution < 1.29 is 13.9 Å². The van der Waals surface area contributed by atoms with Crippen molar-refractivity contribution in [3.63, 3.8) is 0 Å². The number of nitrogens with zero attached hydrogens (tertiary/aromatic N) is 3. The second-order valence-corrected chi connectivity index (χ2v) is 7.03. The van der Waals surface area contributed by atoms with Gasteiger partial charge in [-0.3, -0.25) is 4.79 Å². The number of imidazole rings is 1. The summed E-state index contributed by atoms with van der Waals surface area (Å²) in [6, 6.07) is 17.3. The molecule has 0 spiro atoms. The number of nitrogens with one attached hydrogen (secondary N) is 1. The van der Waals surface area contributed by atoms with Crippen LogP contribution in [0.2, 0.25) is 0 Å². The van der Waals surface area contributed by atoms with Crippen LogP contribution in [0, 0.1) is 5.82 Å². The predicted molar refractivity (Wildman–Crippen MR) is 115 cm³/mol. The Balaban J connectivity index is 1.42. The second kappa shape index (κ2) is 8.24. The third kappa shape index (κ3) is 4.25. The minimum atomic E-state index is -0.447. The third-order valence-corrected chi connectivity index (χ3v) is 4.58. The SMILES string of the molecule is CN(C)c1ccc(C(=O)Nc2cccc(OCc3cn4ccccc4n3)c2)cc1F. The van der Waals surface area contributed by atoms with Crippen LogP contribution in [-0.4, -0.2) is 29.4 Å². The van der Waals surface area contributed by atoms with Crippen LogP contribution < -0.4 is 15.0 Å². The van der Waals surface area contributed by atoms with Gasteiger partial charge in [0.1, 0.15) is 23.8 Å². The van der Waals surface area contributed by atoms with Gasteiger partial charge in [-0.1, -0.05) is 12.1 Å². The average Bonchev–Trinajstić information content (AvgIpc) is 3.15. The maximum atomic E-state index is 14.2. The molecule has 1 N–H and O–H groups in total. The molecule has 4 aromatic rings. The van der Waals surface area contributed by atoms with Crippen molar-refractivity contribution in [3.8, 4) is 5.75 Å². The van der Waals surface area contributed by atoms with E-state index >= 15 is 0 Å². The van der Waals surface area contributed by atoms with Crippen molar-refractivity contribution in [3.05, 3.63) is 90.1 Å². The topological polar surface area (TPSA) is 58.9 Å². The van der Waals surface area contributed by atoms with Crippen LogP contribution in [0.1, 0.15) is 16.1 Å². The summed E-state index contributed by atoms with van der Waals surface area (Å²) in [6.07, 6.45) is 3.84. The maximum absolute atomic E-state index is 14.2. The summed E-state index contributed by atoms with van der Waals surface area (Å²) >= 11 is 0. The first-order chi connectivity index (χ1) is 14.5. The summed E-state index contributed by atoms with van der Waals surface area (Å²) in [4.78, 5) is 18.6. The van der Waals surface area contributed by atoms with E-state index in [4.69, 9.17) is 4.74 Å². The number of benzene rings is 2. The highest BCUT2D eigenvalue weighted by Gasteiger charge is 2.12. The number of halogens is 1. The van der Waals surface area contributed by atoms with Crippen LogP contribution in [-0.2, 0) is 6.61 Å². The molecule has 0 saturated heterocycles. The highest BCUT2D eigenvalue weighted by molar-refractivity contribution is 6.04. The molecule has 7 heteroatoms. The van der Waals surface area contributed by atoms with Gasteiger partial charge >= 0.3 is 0 Å². The molecule has 0 aliphatic heterocycles. The normalized spacial score (nSPS) is 10.8. The molecule has 152 valence electrons. The van der Waals surface area contributed by atoms with Gasteiger partial charge in [-0.2, -0.15) is 0 Å². The molecule has 0 bridgehead atoms. The smallest absolute Gasteiger partial charge is 0.255 e. The van der Waals surface area contributed by atoms with Crippen molar-refractivity contribution in [2.75, 3.05) is 24.3 Å². The Morgan fingerprint density at radius 3 is 2.77 bits per heavy atom. The zero-order valence-corrected chi connectivity index (χ0v) is 16.7. The van der Waals surface area contributed by atoms with E-state index in [2.05, 4.69) is 10.3 Å². The van der Waals surface area contributed by atoms with Crippen molar-refractivity contribution in [1.29, 1.82) is 0 Å². The molecule has 4 rings (SSSR count). The van der Waals surface area contributed by atoms with Gasteiger partial charge < -0.3 is 19.4 Å². The average molecular weight is 404 g/mol. The monoisotopic (exact) mass is 404 g/mol. The van der Waals surface area contributed by atoms with Crippen molar-refractivity contribution in [2.45, 2.75) is 6.61 Å². The zero-order chi connectivity index (χ0) is 21.1. The summed E-state index contributed by atoms with van der Waals surface area (Å²) in [5.74, 6) is -0.243. The van der Waals surface area contributed by atoms with Gasteiger partial charge in [-0.15, -0.1) is 0 Å². The number of ether oxygens (including phenoxy) is 1. The number of carbonyl (C=O) groups is 1. The lowest BCUT2D eigenvalue weighted by atomic mass is 10.1. The number of pyridine rings is 1. The van der Waals surface area contributed by atoms with Crippen molar-refractivity contribution >= 4 is 22.9 Å². The fourth-order valence-electron chi connectivity index (χ4n) is 3.09. The number of aromatic nitrogens is 2. The van der Waals surface area contributed by atoms with Gasteiger partial charge in [-0.05, 0) is 42.5 Å². The minimum absolute atomic E-state index is 0.245. The molecule has 0 fully saturated rings. The Bertz CT molecular complexity index is 1170. The van der Waals surface area contributed by atoms with E-state index in [0.29, 0.717) is 23.7 Å². The first kappa shape index (κ1) is 19.4. The summed E-state index contributed by atoms with van der Waals surface area (Å²) in [5.41, 5.74) is 2.88. The lowest BCUT2D eigenvalue weighted by molar-refractivity contribution is 0.102. The molecule has 30 heavy (non-hydrogen) atoms. The van der Waals surface area contributed by atoms with Gasteiger partial charge in [-0.25, -0.2) is 9.37 Å². The third-order valence-electron chi connectivity index (χ3n) is 4.58. The number of carbonyl (C=O) groups excluding carboxylic acids is 1. The molecular weight excluding hydrogens is 383 g/mol. The highest BCUT2D eigenvalue weighted by atomic mass is 19.1. The maximum Gasteiger partial charge on any atom is 0.255 e. The van der Waals surface area contributed by atoms with Crippen LogP contribution in [0.3, 0.4) is 0 Å². The molecular formula is C23H21FN4O2. The number of rotatable bonds is 6. The zero-order valence-electron chi connectivity index (χ0n) is 16.7. The Hall–Kier alpha value is -3.87. The van der Waals surface area contributed by atoms with Gasteiger partial charge in [0.2, 0.25) is 0 Å². The summed E-state index contributed by atoms with van der Waals surface area (Å²) in [6.45, 7) is 0.302. The molecule has 0 aliphatic rings. The molecule has 0 aliphatic carbocycles. The number of hydrogen-bond donors (Lipinski definition) is 1. The Kier molecular flexibility index (Phi) is 5.34. The van der Waals surface area contributed by atoms with E-state index in [1.807, 2.05) is 35.0 Å². The molecule has 0 saturated carbocycles. The molecule has 0 unspecified atom stereocenters. The predicted octanol–water partition coefficient (Wildman–Crippen LogP) is 4.37. The number of anilines is 2. The van der Waals surface area contributed by atoms with Gasteiger partial charge in [0.05, 0.1) is 11.4 Å². The second-order valence-electron chi connectivity index (χ2n) is 7.03. The molecule has 0 radical (unpaired) electrons. The number of hydrogen-bond acceptors (Lipinski definition) is 4. The van der Waals surface area contributed by atoms with E-state index in [1.54, 1.807) is 55.4 Å². The van der Waals surface area contributed by atoms with E-state index < -0.39 is 11.7 Å². The van der Waals surface area contributed by atoms with Gasteiger partial charge in [0, 0.05) is 43.8 Å². The van der Waals surface area contributed by atoms with Crippen LogP contribution in [0.15, 0.2) is 73.1 Å². The van der Waals surface area contributed by atoms with Gasteiger partial charge in [0.15, 0.2) is 0 Å².